The largest absolute Gasteiger partial charge is 0.404 e. The van der Waals surface area contributed by atoms with E-state index in [-0.39, 0.29) is 29.7 Å². The summed E-state index contributed by atoms with van der Waals surface area (Å²) in [6.45, 7) is 6.33. The number of carbonyl (C=O) groups is 2. The standard InChI is InChI=1S/C26H34FN5O2.CH3NO/c1-16-11-21(27)23(30-10-8-26(2,3)34-4)14-20(16)19(15-28)12-22(29)18-7-9-31-24(13-18)32-25(33)17-5-6-17;2-1-3/h7,9,11-15,17,30H,5-6,8,10,28-29H2,1-4H3,(H,31,32,33);1H,(H2,2,3)/b19-15+,22-12-;. The number of aryl methyl sites for hydroxylation is 1. The molecule has 1 heterocycles. The lowest BCUT2D eigenvalue weighted by Gasteiger charge is -2.23. The minimum absolute atomic E-state index is 0.0226. The number of hydrogen-bond acceptors (Lipinski definition) is 7. The van der Waals surface area contributed by atoms with E-state index < -0.39 is 0 Å². The normalized spacial score (nSPS) is 13.9. The molecule has 1 saturated carbocycles. The van der Waals surface area contributed by atoms with Gasteiger partial charge in [0.2, 0.25) is 12.3 Å². The van der Waals surface area contributed by atoms with Crippen LogP contribution in [0.3, 0.4) is 0 Å². The molecule has 1 fully saturated rings. The average molecular weight is 513 g/mol. The molecule has 37 heavy (non-hydrogen) atoms. The lowest BCUT2D eigenvalue weighted by atomic mass is 9.98. The van der Waals surface area contributed by atoms with Crippen molar-refractivity contribution in [3.8, 4) is 0 Å². The van der Waals surface area contributed by atoms with Gasteiger partial charge in [-0.25, -0.2) is 9.37 Å². The zero-order valence-corrected chi connectivity index (χ0v) is 21.8. The number of anilines is 2. The summed E-state index contributed by atoms with van der Waals surface area (Å²) in [5, 5.41) is 5.98. The fourth-order valence-corrected chi connectivity index (χ4v) is 3.44. The van der Waals surface area contributed by atoms with Crippen molar-refractivity contribution in [1.29, 1.82) is 0 Å². The second kappa shape index (κ2) is 13.4. The molecular formula is C27H37FN6O3. The lowest BCUT2D eigenvalue weighted by molar-refractivity contribution is -0.117. The molecule has 1 aromatic carbocycles. The Bertz CT molecular complexity index is 1160. The van der Waals surface area contributed by atoms with Gasteiger partial charge in [-0.3, -0.25) is 9.59 Å². The maximum atomic E-state index is 14.6. The van der Waals surface area contributed by atoms with Gasteiger partial charge in [-0.2, -0.15) is 0 Å². The minimum atomic E-state index is -0.338. The second-order valence-electron chi connectivity index (χ2n) is 9.34. The van der Waals surface area contributed by atoms with Crippen molar-refractivity contribution < 1.29 is 18.7 Å². The third-order valence-corrected chi connectivity index (χ3v) is 6.00. The van der Waals surface area contributed by atoms with E-state index in [0.29, 0.717) is 41.3 Å². The molecule has 3 rings (SSSR count). The number of benzene rings is 1. The predicted molar refractivity (Wildman–Crippen MR) is 146 cm³/mol. The van der Waals surface area contributed by atoms with Gasteiger partial charge in [-0.15, -0.1) is 0 Å². The molecule has 2 aromatic rings. The number of nitrogens with one attached hydrogen (secondary N) is 2. The highest BCUT2D eigenvalue weighted by molar-refractivity contribution is 5.93. The summed E-state index contributed by atoms with van der Waals surface area (Å²) in [7, 11) is 1.66. The molecule has 8 N–H and O–H groups in total. The van der Waals surface area contributed by atoms with Crippen LogP contribution in [0.25, 0.3) is 11.3 Å². The molecule has 0 unspecified atom stereocenters. The summed E-state index contributed by atoms with van der Waals surface area (Å²) >= 11 is 0. The van der Waals surface area contributed by atoms with Gasteiger partial charge in [-0.1, -0.05) is 0 Å². The van der Waals surface area contributed by atoms with E-state index in [4.69, 9.17) is 21.0 Å². The van der Waals surface area contributed by atoms with Crippen molar-refractivity contribution in [2.45, 2.75) is 45.6 Å². The SMILES string of the molecule is COC(C)(C)CCNc1cc(C(/C=C(\N)c2ccnc(NC(=O)C3CC3)c2)=C/N)c(C)cc1F.NC=O. The molecule has 1 aromatic heterocycles. The van der Waals surface area contributed by atoms with Crippen LogP contribution in [0, 0.1) is 18.7 Å². The van der Waals surface area contributed by atoms with Gasteiger partial charge in [-0.05, 0) is 87.1 Å². The van der Waals surface area contributed by atoms with Gasteiger partial charge in [0.15, 0.2) is 0 Å². The summed E-state index contributed by atoms with van der Waals surface area (Å²) in [4.78, 5) is 24.8. The van der Waals surface area contributed by atoms with Gasteiger partial charge >= 0.3 is 0 Å². The Morgan fingerprint density at radius 3 is 2.54 bits per heavy atom. The van der Waals surface area contributed by atoms with Crippen molar-refractivity contribution >= 4 is 35.1 Å². The van der Waals surface area contributed by atoms with Crippen molar-refractivity contribution in [2.24, 2.45) is 23.1 Å². The number of amides is 2. The summed E-state index contributed by atoms with van der Waals surface area (Å²) in [6.07, 6.45) is 7.56. The van der Waals surface area contributed by atoms with Crippen molar-refractivity contribution in [2.75, 3.05) is 24.3 Å². The predicted octanol–water partition coefficient (Wildman–Crippen LogP) is 3.51. The number of methoxy groups -OCH3 is 1. The maximum absolute atomic E-state index is 14.6. The molecule has 0 aliphatic heterocycles. The van der Waals surface area contributed by atoms with Gasteiger partial charge in [0.1, 0.15) is 11.6 Å². The van der Waals surface area contributed by atoms with E-state index in [9.17, 15) is 9.18 Å². The van der Waals surface area contributed by atoms with E-state index >= 15 is 0 Å². The molecule has 0 bridgehead atoms. The number of nitrogens with zero attached hydrogens (tertiary/aromatic N) is 1. The number of aromatic nitrogens is 1. The molecule has 0 atom stereocenters. The van der Waals surface area contributed by atoms with Gasteiger partial charge < -0.3 is 32.6 Å². The quantitative estimate of drug-likeness (QED) is 0.241. The fraction of sp³-hybridized carbons (Fsp3) is 0.370. The highest BCUT2D eigenvalue weighted by atomic mass is 19.1. The first-order chi connectivity index (χ1) is 17.5. The van der Waals surface area contributed by atoms with E-state index in [2.05, 4.69) is 21.4 Å². The first-order valence-electron chi connectivity index (χ1n) is 12.0. The molecule has 1 aliphatic rings. The summed E-state index contributed by atoms with van der Waals surface area (Å²) < 4.78 is 20.0. The van der Waals surface area contributed by atoms with Crippen LogP contribution in [0.1, 0.15) is 49.8 Å². The summed E-state index contributed by atoms with van der Waals surface area (Å²) in [5.74, 6) is 0.169. The average Bonchev–Trinajstić information content (AvgIpc) is 3.70. The van der Waals surface area contributed by atoms with E-state index in [1.54, 1.807) is 37.6 Å². The Hall–Kier alpha value is -3.92. The number of carbonyl (C=O) groups excluding carboxylic acids is 2. The number of allylic oxidation sites excluding steroid dienone is 2. The lowest BCUT2D eigenvalue weighted by Crippen LogP contribution is -2.26. The monoisotopic (exact) mass is 512 g/mol. The van der Waals surface area contributed by atoms with Crippen LogP contribution in [-0.4, -0.2) is 36.6 Å². The molecule has 0 spiro atoms. The van der Waals surface area contributed by atoms with Crippen LogP contribution in [0.5, 0.6) is 0 Å². The molecule has 9 nitrogen and oxygen atoms in total. The van der Waals surface area contributed by atoms with E-state index in [1.807, 2.05) is 20.8 Å². The van der Waals surface area contributed by atoms with Crippen LogP contribution in [0.4, 0.5) is 15.9 Å². The van der Waals surface area contributed by atoms with Gasteiger partial charge in [0, 0.05) is 43.2 Å². The molecular weight excluding hydrogens is 475 g/mol. The first kappa shape index (κ1) is 29.3. The number of rotatable bonds is 10. The van der Waals surface area contributed by atoms with E-state index in [1.165, 1.54) is 12.3 Å². The molecule has 0 saturated heterocycles. The molecule has 10 heteroatoms. The fourth-order valence-electron chi connectivity index (χ4n) is 3.44. The smallest absolute Gasteiger partial charge is 0.228 e. The van der Waals surface area contributed by atoms with Crippen molar-refractivity contribution in [3.05, 3.63) is 65.2 Å². The van der Waals surface area contributed by atoms with Crippen LogP contribution in [-0.2, 0) is 14.3 Å². The maximum Gasteiger partial charge on any atom is 0.228 e. The third-order valence-electron chi connectivity index (χ3n) is 6.00. The zero-order valence-electron chi connectivity index (χ0n) is 21.8. The third kappa shape index (κ3) is 8.91. The summed E-state index contributed by atoms with van der Waals surface area (Å²) in [5.41, 5.74) is 19.8. The molecule has 1 aliphatic carbocycles. The Morgan fingerprint density at radius 2 is 1.95 bits per heavy atom. The van der Waals surface area contributed by atoms with Crippen LogP contribution in [0.2, 0.25) is 0 Å². The Balaban J connectivity index is 0.00000153. The van der Waals surface area contributed by atoms with Crippen LogP contribution in [0.15, 0.2) is 42.7 Å². The summed E-state index contributed by atoms with van der Waals surface area (Å²) in [6, 6.07) is 6.70. The van der Waals surface area contributed by atoms with E-state index in [0.717, 1.165) is 24.0 Å². The highest BCUT2D eigenvalue weighted by Crippen LogP contribution is 2.31. The molecule has 0 radical (unpaired) electrons. The Labute approximate surface area is 217 Å². The number of halogens is 1. The van der Waals surface area contributed by atoms with Crippen molar-refractivity contribution in [1.82, 2.24) is 4.98 Å². The topological polar surface area (TPSA) is 158 Å². The van der Waals surface area contributed by atoms with Crippen LogP contribution >= 0.6 is 0 Å². The van der Waals surface area contributed by atoms with Crippen LogP contribution < -0.4 is 27.8 Å². The highest BCUT2D eigenvalue weighted by Gasteiger charge is 2.29. The number of ether oxygens (including phenoxy) is 1. The number of pyridine rings is 1. The number of hydrogen-bond donors (Lipinski definition) is 5. The van der Waals surface area contributed by atoms with Crippen molar-refractivity contribution in [3.63, 3.8) is 0 Å². The molecule has 2 amide bonds. The second-order valence-corrected chi connectivity index (χ2v) is 9.34. The molecule has 200 valence electrons. The first-order valence-corrected chi connectivity index (χ1v) is 12.0. The zero-order chi connectivity index (χ0) is 27.6. The Kier molecular flexibility index (Phi) is 10.6. The Morgan fingerprint density at radius 1 is 1.27 bits per heavy atom. The number of nitrogens with two attached hydrogens (primary N) is 3. The van der Waals surface area contributed by atoms with Gasteiger partial charge in [0.25, 0.3) is 0 Å². The number of primary amides is 1. The minimum Gasteiger partial charge on any atom is -0.404 e. The van der Waals surface area contributed by atoms with Gasteiger partial charge in [0.05, 0.1) is 11.3 Å².